The van der Waals surface area contributed by atoms with Crippen LogP contribution in [0.2, 0.25) is 0 Å². The van der Waals surface area contributed by atoms with E-state index in [1.54, 1.807) is 19.1 Å². The molecular formula is C31H50N4O6. The summed E-state index contributed by atoms with van der Waals surface area (Å²) in [5, 5.41) is 26.3. The molecule has 1 saturated carbocycles. The molecule has 2 aliphatic rings. The fraction of sp³-hybridized carbons (Fsp3) is 0.774. The van der Waals surface area contributed by atoms with Crippen LogP contribution in [0.1, 0.15) is 122 Å². The number of unbranched alkanes of at least 4 members (excludes halogenated alkanes) is 15. The van der Waals surface area contributed by atoms with E-state index in [2.05, 4.69) is 17.0 Å². The maximum Gasteiger partial charge on any atom is 0.508 e. The van der Waals surface area contributed by atoms with E-state index >= 15 is 0 Å². The number of hydrogen-bond donors (Lipinski definition) is 3. The summed E-state index contributed by atoms with van der Waals surface area (Å²) in [6.45, 7) is 4.20. The molecule has 1 unspecified atom stereocenters. The number of aliphatic hydroxyl groups excluding tert-OH is 1. The van der Waals surface area contributed by atoms with Crippen molar-refractivity contribution < 1.29 is 29.2 Å². The monoisotopic (exact) mass is 574 g/mol. The van der Waals surface area contributed by atoms with Crippen LogP contribution in [0.4, 0.5) is 10.6 Å². The Morgan fingerprint density at radius 1 is 0.976 bits per heavy atom. The number of anilines is 1. The minimum absolute atomic E-state index is 0.269. The van der Waals surface area contributed by atoms with E-state index in [1.807, 2.05) is 0 Å². The Hall–Kier alpha value is -2.43. The summed E-state index contributed by atoms with van der Waals surface area (Å²) >= 11 is 0. The van der Waals surface area contributed by atoms with Gasteiger partial charge in [0.2, 0.25) is 0 Å². The van der Waals surface area contributed by atoms with Gasteiger partial charge in [-0.3, -0.25) is 0 Å². The molecule has 2 fully saturated rings. The van der Waals surface area contributed by atoms with Gasteiger partial charge >= 0.3 is 6.16 Å². The molecule has 3 heterocycles. The standard InChI is InChI=1S/C31H50N4O6/c1-3-4-5-6-7-8-9-10-11-12-13-14-15-16-17-18-21-39-29(37)40-25-26-31(25,38)28(36)30(2,41-26)24-20-19-23-27(32)33-22-34-35(23)24/h19-20,22,25-26,28,36,38H,3-18,21H2,1-2H3,(H2,32,33,34)/t25?,26-,28+,30+,31-/m1/s1. The molecule has 230 valence electrons. The van der Waals surface area contributed by atoms with Gasteiger partial charge in [-0.25, -0.2) is 14.3 Å². The Bertz CT molecular complexity index is 1110. The highest BCUT2D eigenvalue weighted by atomic mass is 16.7. The van der Waals surface area contributed by atoms with Crippen molar-refractivity contribution in [1.29, 1.82) is 0 Å². The lowest BCUT2D eigenvalue weighted by molar-refractivity contribution is -0.132. The Labute approximate surface area is 243 Å². The fourth-order valence-electron chi connectivity index (χ4n) is 6.20. The summed E-state index contributed by atoms with van der Waals surface area (Å²) in [6.07, 6.45) is 17.7. The molecule has 0 spiro atoms. The zero-order valence-corrected chi connectivity index (χ0v) is 24.9. The molecule has 2 aromatic heterocycles. The Morgan fingerprint density at radius 2 is 1.54 bits per heavy atom. The van der Waals surface area contributed by atoms with Crippen LogP contribution in [0, 0.1) is 0 Å². The number of nitrogens with two attached hydrogens (primary N) is 1. The first kappa shape index (κ1) is 31.5. The van der Waals surface area contributed by atoms with E-state index in [4.69, 9.17) is 19.9 Å². The van der Waals surface area contributed by atoms with Gasteiger partial charge in [-0.05, 0) is 25.5 Å². The minimum atomic E-state index is -1.72. The van der Waals surface area contributed by atoms with Gasteiger partial charge in [-0.2, -0.15) is 5.10 Å². The Balaban J connectivity index is 1.03. The van der Waals surface area contributed by atoms with Crippen LogP contribution in [0.15, 0.2) is 18.5 Å². The topological polar surface area (TPSA) is 141 Å². The Kier molecular flexibility index (Phi) is 11.3. The summed E-state index contributed by atoms with van der Waals surface area (Å²) in [7, 11) is 0. The molecule has 4 rings (SSSR count). The van der Waals surface area contributed by atoms with Crippen LogP contribution < -0.4 is 5.73 Å². The van der Waals surface area contributed by atoms with Gasteiger partial charge in [-0.1, -0.05) is 103 Å². The number of fused-ring (bicyclic) bond motifs is 2. The predicted octanol–water partition coefficient (Wildman–Crippen LogP) is 5.81. The van der Waals surface area contributed by atoms with Crippen LogP contribution >= 0.6 is 0 Å². The number of nitrogens with zero attached hydrogens (tertiary/aromatic N) is 3. The maximum absolute atomic E-state index is 12.2. The van der Waals surface area contributed by atoms with Gasteiger partial charge in [0.15, 0.2) is 17.5 Å². The van der Waals surface area contributed by atoms with Crippen LogP contribution in [0.3, 0.4) is 0 Å². The fourth-order valence-corrected chi connectivity index (χ4v) is 6.20. The summed E-state index contributed by atoms with van der Waals surface area (Å²) in [5.74, 6) is 0.291. The SMILES string of the molecule is CCCCCCCCCCCCCCCCCCOC(=O)OC1[C@H]2O[C@@](C)(c3ccc4c(N)ncnn34)[C@H](O)[C@@]12O. The largest absolute Gasteiger partial charge is 0.508 e. The molecule has 10 heteroatoms. The molecule has 0 aromatic carbocycles. The highest BCUT2D eigenvalue weighted by Crippen LogP contribution is 2.59. The zero-order chi connectivity index (χ0) is 29.3. The van der Waals surface area contributed by atoms with Gasteiger partial charge in [0.25, 0.3) is 0 Å². The third kappa shape index (κ3) is 7.32. The number of aromatic nitrogens is 3. The van der Waals surface area contributed by atoms with Gasteiger partial charge in [0.1, 0.15) is 29.7 Å². The third-order valence-electron chi connectivity index (χ3n) is 8.84. The first-order chi connectivity index (χ1) is 19.8. The number of carbonyl (C=O) groups excluding carboxylic acids is 1. The molecule has 1 saturated heterocycles. The lowest BCUT2D eigenvalue weighted by Crippen LogP contribution is -2.46. The lowest BCUT2D eigenvalue weighted by atomic mass is 9.91. The van der Waals surface area contributed by atoms with Gasteiger partial charge in [0, 0.05) is 0 Å². The van der Waals surface area contributed by atoms with Crippen LogP contribution in [-0.2, 0) is 19.8 Å². The summed E-state index contributed by atoms with van der Waals surface area (Å²) in [4.78, 5) is 16.2. The first-order valence-corrected chi connectivity index (χ1v) is 15.8. The molecule has 10 nitrogen and oxygen atoms in total. The molecule has 5 atom stereocenters. The van der Waals surface area contributed by atoms with E-state index < -0.39 is 35.7 Å². The lowest BCUT2D eigenvalue weighted by Gasteiger charge is -2.32. The third-order valence-corrected chi connectivity index (χ3v) is 8.84. The van der Waals surface area contributed by atoms with Gasteiger partial charge in [-0.15, -0.1) is 0 Å². The normalized spacial score (nSPS) is 26.8. The summed E-state index contributed by atoms with van der Waals surface area (Å²) < 4.78 is 18.1. The molecule has 2 aromatic rings. The number of aliphatic hydroxyl groups is 2. The number of hydrogen-bond acceptors (Lipinski definition) is 9. The van der Waals surface area contributed by atoms with Crippen molar-refractivity contribution in [2.75, 3.05) is 12.3 Å². The van der Waals surface area contributed by atoms with E-state index in [-0.39, 0.29) is 6.61 Å². The molecule has 41 heavy (non-hydrogen) atoms. The molecule has 1 aliphatic heterocycles. The zero-order valence-electron chi connectivity index (χ0n) is 24.9. The van der Waals surface area contributed by atoms with Crippen molar-refractivity contribution in [1.82, 2.24) is 14.6 Å². The molecule has 0 radical (unpaired) electrons. The molecule has 1 aliphatic carbocycles. The quantitative estimate of drug-likeness (QED) is 0.140. The second-order valence-corrected chi connectivity index (χ2v) is 12.0. The second-order valence-electron chi connectivity index (χ2n) is 12.0. The summed E-state index contributed by atoms with van der Waals surface area (Å²) in [5.41, 5.74) is 4.00. The molecular weight excluding hydrogens is 524 g/mol. The van der Waals surface area contributed by atoms with Crippen molar-refractivity contribution in [2.24, 2.45) is 0 Å². The predicted molar refractivity (Wildman–Crippen MR) is 156 cm³/mol. The smallest absolute Gasteiger partial charge is 0.434 e. The summed E-state index contributed by atoms with van der Waals surface area (Å²) in [6, 6.07) is 3.45. The highest BCUT2D eigenvalue weighted by molar-refractivity contribution is 5.66. The molecule has 0 amide bonds. The van der Waals surface area contributed by atoms with E-state index in [0.717, 1.165) is 19.3 Å². The van der Waals surface area contributed by atoms with Crippen LogP contribution in [0.5, 0.6) is 0 Å². The van der Waals surface area contributed by atoms with E-state index in [0.29, 0.717) is 17.0 Å². The van der Waals surface area contributed by atoms with Crippen LogP contribution in [-0.4, -0.2) is 61.5 Å². The average molecular weight is 575 g/mol. The van der Waals surface area contributed by atoms with Crippen LogP contribution in [0.25, 0.3) is 5.52 Å². The number of carbonyl (C=O) groups is 1. The maximum atomic E-state index is 12.2. The minimum Gasteiger partial charge on any atom is -0.434 e. The van der Waals surface area contributed by atoms with Crippen molar-refractivity contribution in [3.8, 4) is 0 Å². The molecule has 4 N–H and O–H groups in total. The first-order valence-electron chi connectivity index (χ1n) is 15.8. The van der Waals surface area contributed by atoms with E-state index in [1.165, 1.54) is 94.3 Å². The Morgan fingerprint density at radius 3 is 2.07 bits per heavy atom. The van der Waals surface area contributed by atoms with Crippen molar-refractivity contribution in [3.05, 3.63) is 24.2 Å². The number of rotatable bonds is 19. The van der Waals surface area contributed by atoms with Crippen molar-refractivity contribution in [3.63, 3.8) is 0 Å². The number of ether oxygens (including phenoxy) is 3. The van der Waals surface area contributed by atoms with Gasteiger partial charge < -0.3 is 30.2 Å². The average Bonchev–Trinajstić information content (AvgIpc) is 3.23. The van der Waals surface area contributed by atoms with Gasteiger partial charge in [0.05, 0.1) is 12.3 Å². The van der Waals surface area contributed by atoms with Crippen molar-refractivity contribution in [2.45, 2.75) is 146 Å². The second kappa shape index (κ2) is 14.6. The number of nitrogen functional groups attached to an aromatic ring is 1. The van der Waals surface area contributed by atoms with Crippen molar-refractivity contribution >= 4 is 17.5 Å². The van der Waals surface area contributed by atoms with E-state index in [9.17, 15) is 15.0 Å². The molecule has 0 bridgehead atoms. The highest BCUT2D eigenvalue weighted by Gasteiger charge is 2.82.